The molecule has 0 radical (unpaired) electrons. The number of hydrogen-bond donors (Lipinski definition) is 0. The summed E-state index contributed by atoms with van der Waals surface area (Å²) in [4.78, 5) is 4.75. The van der Waals surface area contributed by atoms with E-state index in [9.17, 15) is 0 Å². The lowest BCUT2D eigenvalue weighted by Gasteiger charge is -2.12. The Balaban J connectivity index is 1.32. The summed E-state index contributed by atoms with van der Waals surface area (Å²) < 4.78 is 15.1. The van der Waals surface area contributed by atoms with Gasteiger partial charge in [0.15, 0.2) is 5.58 Å². The van der Waals surface area contributed by atoms with Gasteiger partial charge in [-0.05, 0) is 59.3 Å². The van der Waals surface area contributed by atoms with Gasteiger partial charge in [0.2, 0.25) is 5.89 Å². The molecule has 0 fully saturated rings. The first kappa shape index (κ1) is 22.8. The second kappa shape index (κ2) is 8.34. The molecule has 0 aliphatic carbocycles. The van der Waals surface area contributed by atoms with E-state index < -0.39 is 0 Å². The fraction of sp³-hybridized carbons (Fsp3) is 0. The largest absolute Gasteiger partial charge is 0.455 e. The lowest BCUT2D eigenvalue weighted by molar-refractivity contribution is 0.620. The molecule has 0 unspecified atom stereocenters. The van der Waals surface area contributed by atoms with Crippen molar-refractivity contribution in [3.8, 4) is 17.1 Å². The molecule has 10 rings (SSSR count). The third-order valence-corrected chi connectivity index (χ3v) is 8.80. The number of oxazole rings is 1. The van der Waals surface area contributed by atoms with E-state index in [-0.39, 0.29) is 0 Å². The molecular weight excluding hydrogens is 528 g/mol. The summed E-state index contributed by atoms with van der Waals surface area (Å²) in [6, 6.07) is 46.8. The lowest BCUT2D eigenvalue weighted by atomic mass is 10.0. The first-order valence-electron chi connectivity index (χ1n) is 14.5. The standard InChI is InChI=1S/C39H22N2O2/c1-2-10-25-23(9-1)17-19-33-37(25)28-13-5-7-15-32(28)41(33)34-22-30-29-21-24(39-40-31-14-6-8-16-36(31)43-39)18-20-35(29)42-38(30)27-12-4-3-11-26(27)34/h1-22H. The van der Waals surface area contributed by atoms with Crippen molar-refractivity contribution < 1.29 is 8.83 Å². The smallest absolute Gasteiger partial charge is 0.227 e. The molecule has 43 heavy (non-hydrogen) atoms. The van der Waals surface area contributed by atoms with E-state index in [4.69, 9.17) is 13.8 Å². The van der Waals surface area contributed by atoms with E-state index in [1.165, 1.54) is 32.6 Å². The van der Waals surface area contributed by atoms with Crippen LogP contribution >= 0.6 is 0 Å². The summed E-state index contributed by atoms with van der Waals surface area (Å²) >= 11 is 0. The van der Waals surface area contributed by atoms with Crippen LogP contribution in [0.2, 0.25) is 0 Å². The van der Waals surface area contributed by atoms with Crippen LogP contribution < -0.4 is 0 Å². The first-order valence-corrected chi connectivity index (χ1v) is 14.5. The summed E-state index contributed by atoms with van der Waals surface area (Å²) in [5, 5.41) is 9.34. The number of para-hydroxylation sites is 3. The second-order valence-electron chi connectivity index (χ2n) is 11.2. The molecule has 4 nitrogen and oxygen atoms in total. The molecule has 0 spiro atoms. The molecule has 200 valence electrons. The number of fused-ring (bicyclic) bond motifs is 11. The Morgan fingerprint density at radius 1 is 0.488 bits per heavy atom. The molecule has 10 aromatic rings. The zero-order chi connectivity index (χ0) is 28.1. The van der Waals surface area contributed by atoms with Crippen molar-refractivity contribution >= 4 is 76.4 Å². The Hall–Kier alpha value is -5.87. The first-order chi connectivity index (χ1) is 21.3. The quantitative estimate of drug-likeness (QED) is 0.215. The van der Waals surface area contributed by atoms with Crippen LogP contribution in [0.25, 0.3) is 93.5 Å². The third kappa shape index (κ3) is 3.12. The van der Waals surface area contributed by atoms with Gasteiger partial charge in [0.1, 0.15) is 16.7 Å². The van der Waals surface area contributed by atoms with Gasteiger partial charge in [-0.1, -0.05) is 84.9 Å². The average Bonchev–Trinajstić information content (AvgIpc) is 3.76. The van der Waals surface area contributed by atoms with Crippen molar-refractivity contribution in [1.82, 2.24) is 9.55 Å². The molecule has 0 N–H and O–H groups in total. The minimum absolute atomic E-state index is 0.604. The van der Waals surface area contributed by atoms with Crippen molar-refractivity contribution in [2.75, 3.05) is 0 Å². The topological polar surface area (TPSA) is 44.1 Å². The molecule has 0 aliphatic heterocycles. The zero-order valence-corrected chi connectivity index (χ0v) is 22.9. The maximum atomic E-state index is 6.56. The van der Waals surface area contributed by atoms with Crippen molar-refractivity contribution in [2.24, 2.45) is 0 Å². The Kier molecular flexibility index (Phi) is 4.42. The summed E-state index contributed by atoms with van der Waals surface area (Å²) in [6.45, 7) is 0. The monoisotopic (exact) mass is 550 g/mol. The normalized spacial score (nSPS) is 12.2. The molecular formula is C39H22N2O2. The number of rotatable bonds is 2. The highest BCUT2D eigenvalue weighted by Crippen LogP contribution is 2.43. The SMILES string of the molecule is c1ccc2c(c1)ccc1c2c2ccccc2n1-c1cc2c3cc(-c4nc5ccccc5o4)ccc3oc2c2ccccc12. The molecule has 0 bridgehead atoms. The van der Waals surface area contributed by atoms with Crippen molar-refractivity contribution in [1.29, 1.82) is 0 Å². The minimum Gasteiger partial charge on any atom is -0.455 e. The number of benzene rings is 7. The number of aromatic nitrogens is 2. The van der Waals surface area contributed by atoms with Gasteiger partial charge in [0.25, 0.3) is 0 Å². The van der Waals surface area contributed by atoms with Crippen molar-refractivity contribution in [3.05, 3.63) is 133 Å². The van der Waals surface area contributed by atoms with E-state index in [1.54, 1.807) is 0 Å². The maximum absolute atomic E-state index is 6.56. The molecule has 0 saturated heterocycles. The van der Waals surface area contributed by atoms with Crippen LogP contribution in [0.15, 0.2) is 142 Å². The fourth-order valence-corrected chi connectivity index (χ4v) is 6.89. The van der Waals surface area contributed by atoms with Crippen LogP contribution in [-0.2, 0) is 0 Å². The van der Waals surface area contributed by atoms with Gasteiger partial charge < -0.3 is 13.4 Å². The molecule has 4 heteroatoms. The maximum Gasteiger partial charge on any atom is 0.227 e. The van der Waals surface area contributed by atoms with E-state index in [1.807, 2.05) is 36.4 Å². The highest BCUT2D eigenvalue weighted by molar-refractivity contribution is 6.23. The van der Waals surface area contributed by atoms with E-state index in [0.717, 1.165) is 55.1 Å². The molecule has 7 aromatic carbocycles. The zero-order valence-electron chi connectivity index (χ0n) is 22.9. The highest BCUT2D eigenvalue weighted by Gasteiger charge is 2.20. The predicted octanol–water partition coefficient (Wildman–Crippen LogP) is 10.8. The van der Waals surface area contributed by atoms with Crippen LogP contribution in [0.5, 0.6) is 0 Å². The summed E-state index contributed by atoms with van der Waals surface area (Å²) in [6.07, 6.45) is 0. The van der Waals surface area contributed by atoms with E-state index in [2.05, 4.69) is 102 Å². The molecule has 0 atom stereocenters. The van der Waals surface area contributed by atoms with Gasteiger partial charge in [-0.3, -0.25) is 0 Å². The van der Waals surface area contributed by atoms with Crippen molar-refractivity contribution in [3.63, 3.8) is 0 Å². The Bertz CT molecular complexity index is 2710. The van der Waals surface area contributed by atoms with Crippen molar-refractivity contribution in [2.45, 2.75) is 0 Å². The number of furan rings is 1. The third-order valence-electron chi connectivity index (χ3n) is 8.80. The summed E-state index contributed by atoms with van der Waals surface area (Å²) in [5.74, 6) is 0.604. The van der Waals surface area contributed by atoms with E-state index >= 15 is 0 Å². The molecule has 0 saturated carbocycles. The number of hydrogen-bond acceptors (Lipinski definition) is 3. The van der Waals surface area contributed by atoms with Gasteiger partial charge in [-0.25, -0.2) is 4.98 Å². The highest BCUT2D eigenvalue weighted by atomic mass is 16.3. The average molecular weight is 551 g/mol. The van der Waals surface area contributed by atoms with Gasteiger partial charge in [-0.15, -0.1) is 0 Å². The van der Waals surface area contributed by atoms with E-state index in [0.29, 0.717) is 5.89 Å². The van der Waals surface area contributed by atoms with Crippen LogP contribution in [0.3, 0.4) is 0 Å². The van der Waals surface area contributed by atoms with Crippen LogP contribution in [0.4, 0.5) is 0 Å². The summed E-state index contributed by atoms with van der Waals surface area (Å²) in [7, 11) is 0. The molecule has 0 amide bonds. The van der Waals surface area contributed by atoms with Gasteiger partial charge in [-0.2, -0.15) is 0 Å². The van der Waals surface area contributed by atoms with Gasteiger partial charge in [0, 0.05) is 37.9 Å². The predicted molar refractivity (Wildman–Crippen MR) is 176 cm³/mol. The van der Waals surface area contributed by atoms with Crippen LogP contribution in [0, 0.1) is 0 Å². The van der Waals surface area contributed by atoms with Gasteiger partial charge in [0.05, 0.1) is 16.7 Å². The van der Waals surface area contributed by atoms with Crippen LogP contribution in [-0.4, -0.2) is 9.55 Å². The van der Waals surface area contributed by atoms with Crippen LogP contribution in [0.1, 0.15) is 0 Å². The minimum atomic E-state index is 0.604. The molecule has 3 aromatic heterocycles. The lowest BCUT2D eigenvalue weighted by Crippen LogP contribution is -1.95. The second-order valence-corrected chi connectivity index (χ2v) is 11.2. The summed E-state index contributed by atoms with van der Waals surface area (Å²) in [5.41, 5.74) is 7.76. The Labute approximate surface area is 245 Å². The molecule has 0 aliphatic rings. The number of nitrogens with zero attached hydrogens (tertiary/aromatic N) is 2. The molecule has 3 heterocycles. The Morgan fingerprint density at radius 2 is 1.26 bits per heavy atom. The van der Waals surface area contributed by atoms with Gasteiger partial charge >= 0.3 is 0 Å². The Morgan fingerprint density at radius 3 is 2.16 bits per heavy atom. The fourth-order valence-electron chi connectivity index (χ4n) is 6.89.